The average Bonchev–Trinajstić information content (AvgIpc) is 2.95. The van der Waals surface area contributed by atoms with E-state index in [-0.39, 0.29) is 24.3 Å². The van der Waals surface area contributed by atoms with E-state index in [1.54, 1.807) is 48.3 Å². The normalized spacial score (nSPS) is 10.3. The quantitative estimate of drug-likeness (QED) is 0.262. The molecule has 4 rings (SSSR count). The van der Waals surface area contributed by atoms with Crippen LogP contribution in [0.3, 0.4) is 0 Å². The summed E-state index contributed by atoms with van der Waals surface area (Å²) in [6.07, 6.45) is 1.05. The van der Waals surface area contributed by atoms with Gasteiger partial charge in [0, 0.05) is 41.8 Å². The number of benzene rings is 4. The molecule has 3 N–H and O–H groups in total. The third-order valence-corrected chi connectivity index (χ3v) is 5.92. The van der Waals surface area contributed by atoms with E-state index >= 15 is 0 Å². The van der Waals surface area contributed by atoms with Gasteiger partial charge in [-0.3, -0.25) is 14.4 Å². The van der Waals surface area contributed by atoms with Gasteiger partial charge in [0.2, 0.25) is 11.8 Å². The van der Waals surface area contributed by atoms with Crippen LogP contribution in [0, 0.1) is 0 Å². The first kappa shape index (κ1) is 26.2. The molecule has 0 radical (unpaired) electrons. The Kier molecular flexibility index (Phi) is 8.86. The van der Waals surface area contributed by atoms with E-state index in [1.807, 2.05) is 72.8 Å². The molecule has 192 valence electrons. The third-order valence-electron chi connectivity index (χ3n) is 5.92. The van der Waals surface area contributed by atoms with Crippen molar-refractivity contribution < 1.29 is 14.4 Å². The maximum absolute atomic E-state index is 12.9. The number of aryl methyl sites for hydroxylation is 1. The van der Waals surface area contributed by atoms with Crippen LogP contribution in [0.25, 0.3) is 0 Å². The molecule has 4 aromatic rings. The fourth-order valence-electron chi connectivity index (χ4n) is 3.91. The van der Waals surface area contributed by atoms with Crippen LogP contribution in [-0.4, -0.2) is 31.3 Å². The fraction of sp³-hybridized carbons (Fsp3) is 0.129. The van der Waals surface area contributed by atoms with E-state index in [0.29, 0.717) is 35.5 Å². The molecule has 0 saturated carbocycles. The van der Waals surface area contributed by atoms with E-state index in [0.717, 1.165) is 11.3 Å². The Hall–Kier alpha value is -4.91. The summed E-state index contributed by atoms with van der Waals surface area (Å²) in [4.78, 5) is 39.4. The first-order chi connectivity index (χ1) is 18.5. The first-order valence-corrected chi connectivity index (χ1v) is 12.4. The Bertz CT molecular complexity index is 1390. The molecular weight excluding hydrogens is 476 g/mol. The number of anilines is 4. The van der Waals surface area contributed by atoms with Gasteiger partial charge in [-0.1, -0.05) is 60.7 Å². The summed E-state index contributed by atoms with van der Waals surface area (Å²) >= 11 is 0. The molecule has 4 aromatic carbocycles. The number of nitrogens with one attached hydrogen (secondary N) is 3. The molecule has 0 aliphatic carbocycles. The Morgan fingerprint density at radius 3 is 2.00 bits per heavy atom. The van der Waals surface area contributed by atoms with Gasteiger partial charge in [-0.2, -0.15) is 0 Å². The summed E-state index contributed by atoms with van der Waals surface area (Å²) in [6, 6.07) is 33.3. The number of hydrogen-bond acceptors (Lipinski definition) is 4. The summed E-state index contributed by atoms with van der Waals surface area (Å²) in [5.41, 5.74) is 4.26. The maximum Gasteiger partial charge on any atom is 0.258 e. The molecule has 0 aliphatic rings. The second kappa shape index (κ2) is 12.9. The molecule has 0 saturated heterocycles. The van der Waals surface area contributed by atoms with Crippen molar-refractivity contribution in [1.82, 2.24) is 0 Å². The number of carbonyl (C=O) groups excluding carboxylic acids is 3. The van der Waals surface area contributed by atoms with Crippen LogP contribution in [0.5, 0.6) is 0 Å². The number of hydrogen-bond donors (Lipinski definition) is 3. The van der Waals surface area contributed by atoms with E-state index < -0.39 is 0 Å². The van der Waals surface area contributed by atoms with Crippen molar-refractivity contribution >= 4 is 40.5 Å². The third kappa shape index (κ3) is 7.54. The van der Waals surface area contributed by atoms with Crippen LogP contribution in [0.1, 0.15) is 22.3 Å². The lowest BCUT2D eigenvalue weighted by Gasteiger charge is -2.18. The van der Waals surface area contributed by atoms with Gasteiger partial charge in [0.25, 0.3) is 5.91 Å². The molecule has 0 unspecified atom stereocenters. The molecule has 7 heteroatoms. The Labute approximate surface area is 222 Å². The molecule has 0 heterocycles. The molecule has 3 amide bonds. The maximum atomic E-state index is 12.9. The highest BCUT2D eigenvalue weighted by molar-refractivity contribution is 6.06. The van der Waals surface area contributed by atoms with Gasteiger partial charge >= 0.3 is 0 Å². The topological polar surface area (TPSA) is 90.5 Å². The van der Waals surface area contributed by atoms with Crippen molar-refractivity contribution in [1.29, 1.82) is 0 Å². The van der Waals surface area contributed by atoms with Crippen LogP contribution in [0.15, 0.2) is 109 Å². The van der Waals surface area contributed by atoms with E-state index in [4.69, 9.17) is 0 Å². The van der Waals surface area contributed by atoms with Crippen molar-refractivity contribution in [2.75, 3.05) is 34.4 Å². The molecule has 38 heavy (non-hydrogen) atoms. The summed E-state index contributed by atoms with van der Waals surface area (Å²) in [6.45, 7) is 0.0213. The smallest absolute Gasteiger partial charge is 0.258 e. The van der Waals surface area contributed by atoms with Gasteiger partial charge in [-0.25, -0.2) is 0 Å². The van der Waals surface area contributed by atoms with Crippen molar-refractivity contribution in [3.8, 4) is 0 Å². The zero-order valence-electron chi connectivity index (χ0n) is 21.2. The van der Waals surface area contributed by atoms with Crippen LogP contribution < -0.4 is 20.9 Å². The van der Waals surface area contributed by atoms with Crippen LogP contribution in [0.2, 0.25) is 0 Å². The highest BCUT2D eigenvalue weighted by Gasteiger charge is 2.14. The van der Waals surface area contributed by atoms with Gasteiger partial charge in [0.05, 0.1) is 6.54 Å². The monoisotopic (exact) mass is 506 g/mol. The highest BCUT2D eigenvalue weighted by atomic mass is 16.2. The molecule has 7 nitrogen and oxygen atoms in total. The molecule has 0 aliphatic heterocycles. The Morgan fingerprint density at radius 2 is 1.26 bits per heavy atom. The SMILES string of the molecule is CN(C(=O)c1cccc(NC(=O)CNc2cccc(NC(=O)CCc3ccccc3)c2)c1)c1ccccc1. The van der Waals surface area contributed by atoms with Crippen LogP contribution in [-0.2, 0) is 16.0 Å². The molecule has 0 atom stereocenters. The van der Waals surface area contributed by atoms with E-state index in [2.05, 4.69) is 16.0 Å². The lowest BCUT2D eigenvalue weighted by Crippen LogP contribution is -2.26. The Balaban J connectivity index is 1.27. The van der Waals surface area contributed by atoms with Gasteiger partial charge in [-0.15, -0.1) is 0 Å². The van der Waals surface area contributed by atoms with Crippen LogP contribution in [0.4, 0.5) is 22.7 Å². The predicted octanol–water partition coefficient (Wildman–Crippen LogP) is 5.59. The van der Waals surface area contributed by atoms with Gasteiger partial charge < -0.3 is 20.9 Å². The van der Waals surface area contributed by atoms with Crippen molar-refractivity contribution in [2.24, 2.45) is 0 Å². The fourth-order valence-corrected chi connectivity index (χ4v) is 3.91. The molecule has 0 spiro atoms. The van der Waals surface area contributed by atoms with Gasteiger partial charge in [0.1, 0.15) is 0 Å². The molecule has 0 fully saturated rings. The Morgan fingerprint density at radius 1 is 0.658 bits per heavy atom. The number of para-hydroxylation sites is 1. The lowest BCUT2D eigenvalue weighted by molar-refractivity contribution is -0.116. The number of rotatable bonds is 10. The minimum Gasteiger partial charge on any atom is -0.376 e. The number of carbonyl (C=O) groups is 3. The zero-order valence-corrected chi connectivity index (χ0v) is 21.2. The molecule has 0 aromatic heterocycles. The predicted molar refractivity (Wildman–Crippen MR) is 153 cm³/mol. The summed E-state index contributed by atoms with van der Waals surface area (Å²) in [5, 5.41) is 8.80. The van der Waals surface area contributed by atoms with Gasteiger partial charge in [-0.05, 0) is 60.5 Å². The van der Waals surface area contributed by atoms with Crippen molar-refractivity contribution in [3.63, 3.8) is 0 Å². The van der Waals surface area contributed by atoms with Crippen molar-refractivity contribution in [3.05, 3.63) is 120 Å². The minimum atomic E-state index is -0.261. The molecular formula is C31H30N4O3. The van der Waals surface area contributed by atoms with E-state index in [9.17, 15) is 14.4 Å². The lowest BCUT2D eigenvalue weighted by atomic mass is 10.1. The summed E-state index contributed by atoms with van der Waals surface area (Å²) in [5.74, 6) is -0.507. The summed E-state index contributed by atoms with van der Waals surface area (Å²) in [7, 11) is 1.71. The second-order valence-electron chi connectivity index (χ2n) is 8.80. The van der Waals surface area contributed by atoms with Gasteiger partial charge in [0.15, 0.2) is 0 Å². The second-order valence-corrected chi connectivity index (χ2v) is 8.80. The summed E-state index contributed by atoms with van der Waals surface area (Å²) < 4.78 is 0. The highest BCUT2D eigenvalue weighted by Crippen LogP contribution is 2.18. The molecule has 0 bridgehead atoms. The average molecular weight is 507 g/mol. The first-order valence-electron chi connectivity index (χ1n) is 12.4. The standard InChI is InChI=1S/C31H30N4O3/c1-35(28-16-6-3-7-17-28)31(38)24-12-8-14-26(20-24)34-30(37)22-32-25-13-9-15-27(21-25)33-29(36)19-18-23-10-4-2-5-11-23/h2-17,20-21,32H,18-19,22H2,1H3,(H,33,36)(H,34,37). The van der Waals surface area contributed by atoms with Crippen molar-refractivity contribution in [2.45, 2.75) is 12.8 Å². The van der Waals surface area contributed by atoms with Crippen LogP contribution >= 0.6 is 0 Å². The number of amides is 3. The minimum absolute atomic E-state index is 0.0213. The van der Waals surface area contributed by atoms with E-state index in [1.165, 1.54) is 0 Å². The number of nitrogens with zero attached hydrogens (tertiary/aromatic N) is 1. The largest absolute Gasteiger partial charge is 0.376 e. The zero-order chi connectivity index (χ0) is 26.7.